The van der Waals surface area contributed by atoms with Gasteiger partial charge in [0, 0.05) is 24.3 Å². The highest BCUT2D eigenvalue weighted by atomic mass is 16.3. The molecule has 1 fully saturated rings. The summed E-state index contributed by atoms with van der Waals surface area (Å²) in [4.78, 5) is 25.7. The molecule has 0 unspecified atom stereocenters. The maximum absolute atomic E-state index is 12.7. The van der Waals surface area contributed by atoms with Crippen LogP contribution < -0.4 is 11.0 Å². The molecule has 1 aliphatic rings. The van der Waals surface area contributed by atoms with Gasteiger partial charge in [0.15, 0.2) is 17.8 Å². The minimum Gasteiger partial charge on any atom is -0.444 e. The second-order valence-corrected chi connectivity index (χ2v) is 7.12. The number of nitrogens with one attached hydrogen (secondary N) is 1. The first-order valence-electron chi connectivity index (χ1n) is 9.40. The molecule has 142 valence electrons. The highest BCUT2D eigenvalue weighted by Crippen LogP contribution is 2.31. The summed E-state index contributed by atoms with van der Waals surface area (Å²) in [6.07, 6.45) is 9.15. The summed E-state index contributed by atoms with van der Waals surface area (Å²) in [7, 11) is 1.77. The molecule has 0 atom stereocenters. The molecule has 0 radical (unpaired) electrons. The van der Waals surface area contributed by atoms with Crippen LogP contribution in [0.5, 0.6) is 0 Å². The predicted octanol–water partition coefficient (Wildman–Crippen LogP) is 3.64. The molecule has 8 heteroatoms. The summed E-state index contributed by atoms with van der Waals surface area (Å²) >= 11 is 0. The number of anilines is 2. The molecule has 3 heterocycles. The molecule has 0 bridgehead atoms. The fraction of sp³-hybridized carbons (Fsp3) is 0.300. The topological polar surface area (TPSA) is 90.8 Å². The Balaban J connectivity index is 1.48. The Kier molecular flexibility index (Phi) is 3.96. The zero-order valence-corrected chi connectivity index (χ0v) is 15.5. The number of aryl methyl sites for hydroxylation is 1. The molecule has 8 nitrogen and oxygen atoms in total. The molecule has 1 aromatic carbocycles. The lowest BCUT2D eigenvalue weighted by Crippen LogP contribution is -2.25. The van der Waals surface area contributed by atoms with Gasteiger partial charge >= 0.3 is 5.69 Å². The van der Waals surface area contributed by atoms with E-state index in [4.69, 9.17) is 4.42 Å². The number of nitrogens with zero attached hydrogens (tertiary/aromatic N) is 5. The van der Waals surface area contributed by atoms with Gasteiger partial charge in [-0.15, -0.1) is 0 Å². The van der Waals surface area contributed by atoms with Gasteiger partial charge in [0.25, 0.3) is 0 Å². The van der Waals surface area contributed by atoms with Crippen molar-refractivity contribution in [3.63, 3.8) is 0 Å². The minimum absolute atomic E-state index is 0.0234. The summed E-state index contributed by atoms with van der Waals surface area (Å²) in [5.41, 5.74) is 3.22. The van der Waals surface area contributed by atoms with E-state index in [1.54, 1.807) is 24.0 Å². The van der Waals surface area contributed by atoms with Gasteiger partial charge in [0.05, 0.1) is 12.4 Å². The Morgan fingerprint density at radius 1 is 1.14 bits per heavy atom. The third-order valence-electron chi connectivity index (χ3n) is 5.38. The van der Waals surface area contributed by atoms with Gasteiger partial charge in [-0.2, -0.15) is 4.98 Å². The molecule has 5 rings (SSSR count). The van der Waals surface area contributed by atoms with Crippen molar-refractivity contribution in [1.82, 2.24) is 24.1 Å². The zero-order valence-electron chi connectivity index (χ0n) is 15.5. The van der Waals surface area contributed by atoms with E-state index in [9.17, 15) is 4.79 Å². The Morgan fingerprint density at radius 3 is 2.64 bits per heavy atom. The summed E-state index contributed by atoms with van der Waals surface area (Å²) in [5, 5.41) is 3.22. The van der Waals surface area contributed by atoms with Gasteiger partial charge in [-0.25, -0.2) is 14.8 Å². The van der Waals surface area contributed by atoms with Crippen LogP contribution in [0.1, 0.15) is 31.7 Å². The molecule has 3 aromatic heterocycles. The monoisotopic (exact) mass is 376 g/mol. The largest absolute Gasteiger partial charge is 0.444 e. The molecule has 0 saturated heterocycles. The van der Waals surface area contributed by atoms with Crippen LogP contribution in [0.2, 0.25) is 0 Å². The molecule has 0 aliphatic heterocycles. The van der Waals surface area contributed by atoms with Crippen molar-refractivity contribution in [3.8, 4) is 11.3 Å². The average Bonchev–Trinajstić information content (AvgIpc) is 3.46. The van der Waals surface area contributed by atoms with Gasteiger partial charge in [-0.05, 0) is 37.1 Å². The van der Waals surface area contributed by atoms with Gasteiger partial charge in [0.2, 0.25) is 5.95 Å². The number of oxazole rings is 1. The van der Waals surface area contributed by atoms with Crippen LogP contribution in [0.15, 0.2) is 52.3 Å². The number of hydrogen-bond donors (Lipinski definition) is 1. The van der Waals surface area contributed by atoms with Crippen LogP contribution in [0.3, 0.4) is 0 Å². The van der Waals surface area contributed by atoms with Crippen molar-refractivity contribution < 1.29 is 4.42 Å². The number of fused-ring (bicyclic) bond motifs is 1. The van der Waals surface area contributed by atoms with Crippen LogP contribution >= 0.6 is 0 Å². The molecule has 1 saturated carbocycles. The van der Waals surface area contributed by atoms with E-state index in [1.165, 1.54) is 6.39 Å². The Morgan fingerprint density at radius 2 is 1.93 bits per heavy atom. The second kappa shape index (κ2) is 6.63. The maximum Gasteiger partial charge on any atom is 0.330 e. The first-order valence-corrected chi connectivity index (χ1v) is 9.40. The van der Waals surface area contributed by atoms with E-state index >= 15 is 0 Å². The zero-order chi connectivity index (χ0) is 19.1. The molecule has 0 spiro atoms. The molecular formula is C20H20N6O2. The normalized spacial score (nSPS) is 14.8. The minimum atomic E-state index is -0.0234. The quantitative estimate of drug-likeness (QED) is 0.585. The Hall–Kier alpha value is -3.42. The molecule has 1 aliphatic carbocycles. The van der Waals surface area contributed by atoms with E-state index in [0.717, 1.165) is 42.5 Å². The lowest BCUT2D eigenvalue weighted by atomic mass is 10.2. The van der Waals surface area contributed by atoms with Gasteiger partial charge in [0.1, 0.15) is 5.52 Å². The predicted molar refractivity (Wildman–Crippen MR) is 105 cm³/mol. The molecular weight excluding hydrogens is 356 g/mol. The van der Waals surface area contributed by atoms with Gasteiger partial charge < -0.3 is 9.73 Å². The molecule has 1 N–H and O–H groups in total. The third-order valence-corrected chi connectivity index (χ3v) is 5.38. The summed E-state index contributed by atoms with van der Waals surface area (Å²) in [6, 6.07) is 7.97. The third kappa shape index (κ3) is 2.77. The highest BCUT2D eigenvalue weighted by molar-refractivity contribution is 5.73. The highest BCUT2D eigenvalue weighted by Gasteiger charge is 2.24. The van der Waals surface area contributed by atoms with Crippen molar-refractivity contribution in [2.75, 3.05) is 5.32 Å². The maximum atomic E-state index is 12.7. The van der Waals surface area contributed by atoms with Crippen LogP contribution in [-0.2, 0) is 7.05 Å². The van der Waals surface area contributed by atoms with Crippen molar-refractivity contribution in [2.45, 2.75) is 31.7 Å². The molecule has 28 heavy (non-hydrogen) atoms. The van der Waals surface area contributed by atoms with Crippen molar-refractivity contribution in [2.24, 2.45) is 7.05 Å². The van der Waals surface area contributed by atoms with Crippen molar-refractivity contribution in [1.29, 1.82) is 0 Å². The Labute approximate surface area is 160 Å². The van der Waals surface area contributed by atoms with Gasteiger partial charge in [-0.3, -0.25) is 9.13 Å². The van der Waals surface area contributed by atoms with E-state index in [-0.39, 0.29) is 11.7 Å². The SMILES string of the molecule is Cn1c(=O)n(C2CCCC2)c2nc(Nc3ccc(-c4cnco4)cc3)ncc21. The van der Waals surface area contributed by atoms with E-state index in [0.29, 0.717) is 17.4 Å². The van der Waals surface area contributed by atoms with Crippen LogP contribution in [0.25, 0.3) is 22.5 Å². The van der Waals surface area contributed by atoms with E-state index in [2.05, 4.69) is 20.3 Å². The van der Waals surface area contributed by atoms with Gasteiger partial charge in [-0.1, -0.05) is 12.8 Å². The number of hydrogen-bond acceptors (Lipinski definition) is 6. The van der Waals surface area contributed by atoms with Crippen molar-refractivity contribution >= 4 is 22.8 Å². The van der Waals surface area contributed by atoms with Crippen LogP contribution in [-0.4, -0.2) is 24.1 Å². The number of rotatable bonds is 4. The molecule has 4 aromatic rings. The summed E-state index contributed by atoms with van der Waals surface area (Å²) < 4.78 is 8.77. The fourth-order valence-corrected chi connectivity index (χ4v) is 3.89. The number of benzene rings is 1. The first kappa shape index (κ1) is 16.7. The number of imidazole rings is 1. The van der Waals surface area contributed by atoms with E-state index in [1.807, 2.05) is 28.8 Å². The lowest BCUT2D eigenvalue weighted by molar-refractivity contribution is 0.506. The lowest BCUT2D eigenvalue weighted by Gasteiger charge is -2.11. The first-order chi connectivity index (χ1) is 13.7. The summed E-state index contributed by atoms with van der Waals surface area (Å²) in [6.45, 7) is 0. The standard InChI is InChI=1S/C20H20N6O2/c1-25-16-10-22-19(24-18(16)26(20(25)27)15-4-2-3-5-15)23-14-8-6-13(7-9-14)17-11-21-12-28-17/h6-12,15H,2-5H2,1H3,(H,22,23,24). The van der Waals surface area contributed by atoms with E-state index < -0.39 is 0 Å². The summed E-state index contributed by atoms with van der Waals surface area (Å²) in [5.74, 6) is 1.19. The van der Waals surface area contributed by atoms with Crippen LogP contribution in [0.4, 0.5) is 11.6 Å². The smallest absolute Gasteiger partial charge is 0.330 e. The average molecular weight is 376 g/mol. The second-order valence-electron chi connectivity index (χ2n) is 7.12. The fourth-order valence-electron chi connectivity index (χ4n) is 3.89. The van der Waals surface area contributed by atoms with Crippen LogP contribution in [0, 0.1) is 0 Å². The number of aromatic nitrogens is 5. The van der Waals surface area contributed by atoms with Crippen molar-refractivity contribution in [3.05, 3.63) is 53.5 Å². The molecule has 0 amide bonds. The Bertz CT molecular complexity index is 1170.